The standard InChI is InChI=1S/C21H21FN2O3S/c1-21(2)10-13-16-15(9-14(24-28-4)19(13)27-21)26-18(17(16)20(25)23-3)11-5-7-12(22)8-6-11/h5-9,24H,10H2,1-4H3,(H,23,25). The van der Waals surface area contributed by atoms with E-state index in [-0.39, 0.29) is 11.7 Å². The molecule has 3 aromatic rings. The van der Waals surface area contributed by atoms with Crippen molar-refractivity contribution in [2.24, 2.45) is 0 Å². The van der Waals surface area contributed by atoms with E-state index < -0.39 is 5.60 Å². The molecule has 2 heterocycles. The van der Waals surface area contributed by atoms with Gasteiger partial charge in [-0.05, 0) is 38.1 Å². The zero-order valence-corrected chi connectivity index (χ0v) is 16.9. The summed E-state index contributed by atoms with van der Waals surface area (Å²) >= 11 is 1.46. The lowest BCUT2D eigenvalue weighted by Gasteiger charge is -2.18. The smallest absolute Gasteiger partial charge is 0.255 e. The van der Waals surface area contributed by atoms with Gasteiger partial charge in [0.2, 0.25) is 0 Å². The molecule has 0 saturated heterocycles. The lowest BCUT2D eigenvalue weighted by atomic mass is 9.95. The first-order valence-electron chi connectivity index (χ1n) is 8.93. The van der Waals surface area contributed by atoms with Crippen molar-refractivity contribution in [1.82, 2.24) is 5.32 Å². The molecule has 7 heteroatoms. The van der Waals surface area contributed by atoms with Crippen LogP contribution < -0.4 is 14.8 Å². The molecular weight excluding hydrogens is 379 g/mol. The van der Waals surface area contributed by atoms with Crippen LogP contribution in [-0.4, -0.2) is 24.8 Å². The van der Waals surface area contributed by atoms with Crippen molar-refractivity contribution in [2.45, 2.75) is 25.9 Å². The second kappa shape index (κ2) is 6.74. The first-order valence-corrected chi connectivity index (χ1v) is 10.2. The number of fused-ring (bicyclic) bond motifs is 3. The predicted molar refractivity (Wildman–Crippen MR) is 111 cm³/mol. The third-order valence-corrected chi connectivity index (χ3v) is 5.21. The van der Waals surface area contributed by atoms with Gasteiger partial charge in [0.15, 0.2) is 0 Å². The summed E-state index contributed by atoms with van der Waals surface area (Å²) < 4.78 is 29.0. The number of ether oxygens (including phenoxy) is 1. The molecule has 1 aromatic heterocycles. The highest BCUT2D eigenvalue weighted by Gasteiger charge is 2.37. The Morgan fingerprint density at radius 3 is 2.61 bits per heavy atom. The van der Waals surface area contributed by atoms with E-state index in [4.69, 9.17) is 9.15 Å². The average Bonchev–Trinajstić information content (AvgIpc) is 3.19. The van der Waals surface area contributed by atoms with Crippen LogP contribution in [-0.2, 0) is 6.42 Å². The Labute approximate surface area is 166 Å². The summed E-state index contributed by atoms with van der Waals surface area (Å²) in [5, 5.41) is 3.44. The van der Waals surface area contributed by atoms with Gasteiger partial charge >= 0.3 is 0 Å². The molecule has 5 nitrogen and oxygen atoms in total. The SMILES string of the molecule is CNC(=O)c1c(-c2ccc(F)cc2)oc2cc(NSC)c3c(c12)CC(C)(C)O3. The van der Waals surface area contributed by atoms with Gasteiger partial charge in [-0.1, -0.05) is 11.9 Å². The largest absolute Gasteiger partial charge is 0.485 e. The van der Waals surface area contributed by atoms with Crippen LogP contribution in [0.4, 0.5) is 10.1 Å². The molecule has 0 radical (unpaired) electrons. The molecule has 1 aliphatic rings. The van der Waals surface area contributed by atoms with E-state index in [1.54, 1.807) is 19.2 Å². The van der Waals surface area contributed by atoms with Crippen molar-refractivity contribution in [3.05, 3.63) is 47.3 Å². The molecule has 1 aliphatic heterocycles. The molecule has 4 rings (SSSR count). The highest BCUT2D eigenvalue weighted by molar-refractivity contribution is 7.99. The predicted octanol–water partition coefficient (Wildman–Crippen LogP) is 5.00. The Bertz CT molecular complexity index is 1070. The Hall–Kier alpha value is -2.67. The monoisotopic (exact) mass is 400 g/mol. The van der Waals surface area contributed by atoms with Crippen molar-refractivity contribution < 1.29 is 18.3 Å². The van der Waals surface area contributed by atoms with Gasteiger partial charge in [0.05, 0.1) is 11.3 Å². The number of carbonyl (C=O) groups is 1. The third-order valence-electron chi connectivity index (χ3n) is 4.78. The molecule has 0 fully saturated rings. The van der Waals surface area contributed by atoms with E-state index in [1.807, 2.05) is 26.2 Å². The summed E-state index contributed by atoms with van der Waals surface area (Å²) in [5.41, 5.74) is 3.03. The van der Waals surface area contributed by atoms with Crippen LogP contribution >= 0.6 is 11.9 Å². The zero-order valence-electron chi connectivity index (χ0n) is 16.1. The quantitative estimate of drug-likeness (QED) is 0.603. The highest BCUT2D eigenvalue weighted by atomic mass is 32.2. The number of carbonyl (C=O) groups excluding carboxylic acids is 1. The minimum atomic E-state index is -0.390. The molecule has 0 spiro atoms. The van der Waals surface area contributed by atoms with Gasteiger partial charge in [-0.15, -0.1) is 0 Å². The summed E-state index contributed by atoms with van der Waals surface area (Å²) in [5.74, 6) is 0.561. The summed E-state index contributed by atoms with van der Waals surface area (Å²) in [6.45, 7) is 4.03. The van der Waals surface area contributed by atoms with Crippen molar-refractivity contribution >= 4 is 34.5 Å². The second-order valence-electron chi connectivity index (χ2n) is 7.34. The summed E-state index contributed by atoms with van der Waals surface area (Å²) in [4.78, 5) is 12.8. The molecule has 0 aliphatic carbocycles. The van der Waals surface area contributed by atoms with E-state index in [1.165, 1.54) is 24.1 Å². The first-order chi connectivity index (χ1) is 13.3. The fourth-order valence-corrected chi connectivity index (χ4v) is 4.05. The first kappa shape index (κ1) is 18.7. The van der Waals surface area contributed by atoms with Crippen LogP contribution in [0.5, 0.6) is 5.75 Å². The molecule has 1 amide bonds. The van der Waals surface area contributed by atoms with E-state index in [2.05, 4.69) is 10.0 Å². The maximum atomic E-state index is 13.4. The van der Waals surface area contributed by atoms with Crippen LogP contribution in [0.3, 0.4) is 0 Å². The van der Waals surface area contributed by atoms with Gasteiger partial charge in [-0.3, -0.25) is 4.79 Å². The number of rotatable bonds is 4. The molecule has 28 heavy (non-hydrogen) atoms. The Morgan fingerprint density at radius 1 is 1.25 bits per heavy atom. The minimum absolute atomic E-state index is 0.254. The molecule has 0 atom stereocenters. The lowest BCUT2D eigenvalue weighted by molar-refractivity contribution is 0.0964. The Kier molecular flexibility index (Phi) is 4.50. The second-order valence-corrected chi connectivity index (χ2v) is 7.95. The Balaban J connectivity index is 2.05. The van der Waals surface area contributed by atoms with Crippen molar-refractivity contribution in [3.8, 4) is 17.1 Å². The Morgan fingerprint density at radius 2 is 1.96 bits per heavy atom. The average molecular weight is 400 g/mol. The van der Waals surface area contributed by atoms with E-state index in [9.17, 15) is 9.18 Å². The molecule has 146 valence electrons. The maximum Gasteiger partial charge on any atom is 0.255 e. The molecule has 0 bridgehead atoms. The fraction of sp³-hybridized carbons (Fsp3) is 0.286. The van der Waals surface area contributed by atoms with Crippen LogP contribution in [0.2, 0.25) is 0 Å². The van der Waals surface area contributed by atoms with Crippen LogP contribution in [0.15, 0.2) is 34.7 Å². The molecular formula is C21H21FN2O3S. The topological polar surface area (TPSA) is 63.5 Å². The number of hydrogen-bond acceptors (Lipinski definition) is 5. The van der Waals surface area contributed by atoms with Gasteiger partial charge in [-0.25, -0.2) is 4.39 Å². The summed E-state index contributed by atoms with van der Waals surface area (Å²) in [6.07, 6.45) is 2.58. The van der Waals surface area contributed by atoms with Gasteiger partial charge in [-0.2, -0.15) is 0 Å². The van der Waals surface area contributed by atoms with Crippen molar-refractivity contribution in [2.75, 3.05) is 18.0 Å². The van der Waals surface area contributed by atoms with E-state index >= 15 is 0 Å². The number of anilines is 1. The van der Waals surface area contributed by atoms with Crippen LogP contribution in [0.25, 0.3) is 22.3 Å². The van der Waals surface area contributed by atoms with Crippen molar-refractivity contribution in [3.63, 3.8) is 0 Å². The number of nitrogens with one attached hydrogen (secondary N) is 2. The van der Waals surface area contributed by atoms with Gasteiger partial charge in [0.1, 0.15) is 28.5 Å². The number of benzene rings is 2. The molecule has 0 saturated carbocycles. The molecule has 2 N–H and O–H groups in total. The fourth-order valence-electron chi connectivity index (χ4n) is 3.68. The molecule has 0 unspecified atom stereocenters. The number of hydrogen-bond donors (Lipinski definition) is 2. The number of halogens is 1. The van der Waals surface area contributed by atoms with Gasteiger partial charge < -0.3 is 19.2 Å². The van der Waals surface area contributed by atoms with Crippen molar-refractivity contribution in [1.29, 1.82) is 0 Å². The number of amides is 1. The van der Waals surface area contributed by atoms with Gasteiger partial charge in [0, 0.05) is 42.3 Å². The summed E-state index contributed by atoms with van der Waals surface area (Å²) in [6, 6.07) is 7.79. The van der Waals surface area contributed by atoms with E-state index in [0.29, 0.717) is 28.9 Å². The van der Waals surface area contributed by atoms with Crippen LogP contribution in [0, 0.1) is 5.82 Å². The summed E-state index contributed by atoms with van der Waals surface area (Å²) in [7, 11) is 1.58. The van der Waals surface area contributed by atoms with Gasteiger partial charge in [0.25, 0.3) is 5.91 Å². The minimum Gasteiger partial charge on any atom is -0.485 e. The third kappa shape index (κ3) is 2.99. The maximum absolute atomic E-state index is 13.4. The molecule has 2 aromatic carbocycles. The van der Waals surface area contributed by atoms with E-state index in [0.717, 1.165) is 22.4 Å². The zero-order chi connectivity index (χ0) is 20.1. The lowest BCUT2D eigenvalue weighted by Crippen LogP contribution is -2.25. The normalized spacial score (nSPS) is 14.6. The highest BCUT2D eigenvalue weighted by Crippen LogP contribution is 2.48. The number of furan rings is 1. The van der Waals surface area contributed by atoms with Crippen LogP contribution in [0.1, 0.15) is 29.8 Å².